The van der Waals surface area contributed by atoms with E-state index in [0.29, 0.717) is 18.8 Å². The van der Waals surface area contributed by atoms with Crippen LogP contribution in [0.5, 0.6) is 0 Å². The summed E-state index contributed by atoms with van der Waals surface area (Å²) >= 11 is 12.2. The number of para-hydroxylation sites is 1. The van der Waals surface area contributed by atoms with Gasteiger partial charge in [-0.05, 0) is 67.4 Å². The lowest BCUT2D eigenvalue weighted by atomic mass is 10.2. The smallest absolute Gasteiger partial charge is 0.261 e. The first-order chi connectivity index (χ1) is 16.6. The van der Waals surface area contributed by atoms with Gasteiger partial charge >= 0.3 is 0 Å². The van der Waals surface area contributed by atoms with Crippen molar-refractivity contribution in [2.24, 2.45) is 0 Å². The molecule has 1 amide bonds. The van der Waals surface area contributed by atoms with E-state index in [9.17, 15) is 21.6 Å². The van der Waals surface area contributed by atoms with Crippen molar-refractivity contribution >= 4 is 60.5 Å². The standard InChI is InChI=1S/C23H21Cl2N3O5S2/c24-20-12-11-18(35(32,33)28-13-3-4-14-28)15-19(20)23(29)26-16-7-9-17(10-8-16)34(30,31)27-22-6-2-1-5-21(22)25/h1-2,5-12,15,27H,3-4,13-14H2,(H,26,29). The molecule has 0 spiro atoms. The maximum atomic E-state index is 12.8. The molecule has 1 heterocycles. The van der Waals surface area contributed by atoms with Gasteiger partial charge in [0.25, 0.3) is 15.9 Å². The van der Waals surface area contributed by atoms with Crippen LogP contribution in [0.1, 0.15) is 23.2 Å². The lowest BCUT2D eigenvalue weighted by Gasteiger charge is -2.16. The molecule has 0 atom stereocenters. The molecule has 0 aliphatic carbocycles. The number of amides is 1. The first-order valence-corrected chi connectivity index (χ1v) is 14.2. The van der Waals surface area contributed by atoms with Crippen LogP contribution >= 0.6 is 23.2 Å². The fraction of sp³-hybridized carbons (Fsp3) is 0.174. The van der Waals surface area contributed by atoms with E-state index in [2.05, 4.69) is 10.0 Å². The van der Waals surface area contributed by atoms with Crippen LogP contribution in [-0.2, 0) is 20.0 Å². The fourth-order valence-corrected chi connectivity index (χ4v) is 6.65. The Morgan fingerprint density at radius 2 is 1.43 bits per heavy atom. The highest BCUT2D eigenvalue weighted by Crippen LogP contribution is 2.27. The zero-order valence-electron chi connectivity index (χ0n) is 18.2. The molecule has 0 aromatic heterocycles. The SMILES string of the molecule is O=C(Nc1ccc(S(=O)(=O)Nc2ccccc2Cl)cc1)c1cc(S(=O)(=O)N2CCCC2)ccc1Cl. The van der Waals surface area contributed by atoms with Crippen molar-refractivity contribution in [2.75, 3.05) is 23.1 Å². The monoisotopic (exact) mass is 553 g/mol. The molecule has 0 unspecified atom stereocenters. The number of benzene rings is 3. The lowest BCUT2D eigenvalue weighted by molar-refractivity contribution is 0.102. The predicted octanol–water partition coefficient (Wildman–Crippen LogP) is 4.83. The predicted molar refractivity (Wildman–Crippen MR) is 136 cm³/mol. The lowest BCUT2D eigenvalue weighted by Crippen LogP contribution is -2.28. The summed E-state index contributed by atoms with van der Waals surface area (Å²) in [6, 6.07) is 15.9. The number of hydrogen-bond donors (Lipinski definition) is 2. The summed E-state index contributed by atoms with van der Waals surface area (Å²) in [5, 5.41) is 2.96. The van der Waals surface area contributed by atoms with Crippen molar-refractivity contribution in [3.63, 3.8) is 0 Å². The molecule has 2 N–H and O–H groups in total. The Morgan fingerprint density at radius 3 is 2.09 bits per heavy atom. The number of carbonyl (C=O) groups is 1. The number of rotatable bonds is 7. The molecule has 0 bridgehead atoms. The van der Waals surface area contributed by atoms with Crippen LogP contribution in [0.2, 0.25) is 10.0 Å². The fourth-order valence-electron chi connectivity index (χ4n) is 3.58. The Kier molecular flexibility index (Phi) is 7.39. The van der Waals surface area contributed by atoms with Gasteiger partial charge in [0.05, 0.1) is 31.1 Å². The van der Waals surface area contributed by atoms with Gasteiger partial charge in [0.1, 0.15) is 0 Å². The number of hydrogen-bond acceptors (Lipinski definition) is 5. The maximum Gasteiger partial charge on any atom is 0.261 e. The highest BCUT2D eigenvalue weighted by molar-refractivity contribution is 7.92. The van der Waals surface area contributed by atoms with Crippen LogP contribution in [0.15, 0.2) is 76.5 Å². The van der Waals surface area contributed by atoms with Crippen molar-refractivity contribution in [3.8, 4) is 0 Å². The van der Waals surface area contributed by atoms with Crippen molar-refractivity contribution < 1.29 is 21.6 Å². The van der Waals surface area contributed by atoms with Crippen LogP contribution in [0.25, 0.3) is 0 Å². The molecule has 8 nitrogen and oxygen atoms in total. The number of sulfonamides is 2. The number of halogens is 2. The van der Waals surface area contributed by atoms with Crippen molar-refractivity contribution in [1.82, 2.24) is 4.31 Å². The summed E-state index contributed by atoms with van der Waals surface area (Å²) in [5.41, 5.74) is 0.532. The van der Waals surface area contributed by atoms with Crippen LogP contribution < -0.4 is 10.0 Å². The summed E-state index contributed by atoms with van der Waals surface area (Å²) in [6.07, 6.45) is 1.58. The number of anilines is 2. The van der Waals surface area contributed by atoms with Gasteiger partial charge in [0, 0.05) is 18.8 Å². The third-order valence-electron chi connectivity index (χ3n) is 5.43. The van der Waals surface area contributed by atoms with Crippen molar-refractivity contribution in [2.45, 2.75) is 22.6 Å². The number of nitrogens with one attached hydrogen (secondary N) is 2. The van der Waals surface area contributed by atoms with Gasteiger partial charge in [0.15, 0.2) is 0 Å². The summed E-state index contributed by atoms with van der Waals surface area (Å²) in [7, 11) is -7.63. The molecule has 35 heavy (non-hydrogen) atoms. The van der Waals surface area contributed by atoms with Crippen LogP contribution in [-0.4, -0.2) is 40.1 Å². The van der Waals surface area contributed by atoms with E-state index in [1.807, 2.05) is 0 Å². The molecule has 184 valence electrons. The van der Waals surface area contributed by atoms with Gasteiger partial charge in [-0.15, -0.1) is 0 Å². The van der Waals surface area contributed by atoms with E-state index in [4.69, 9.17) is 23.2 Å². The van der Waals surface area contributed by atoms with Crippen molar-refractivity contribution in [3.05, 3.63) is 82.3 Å². The second kappa shape index (κ2) is 10.2. The van der Waals surface area contributed by atoms with E-state index in [0.717, 1.165) is 12.8 Å². The Labute approximate surface area is 214 Å². The average Bonchev–Trinajstić information content (AvgIpc) is 3.37. The molecular weight excluding hydrogens is 533 g/mol. The Hall–Kier alpha value is -2.63. The molecule has 1 saturated heterocycles. The normalized spacial score (nSPS) is 14.6. The zero-order chi connectivity index (χ0) is 25.2. The first-order valence-electron chi connectivity index (χ1n) is 10.6. The zero-order valence-corrected chi connectivity index (χ0v) is 21.4. The molecule has 1 fully saturated rings. The molecule has 3 aromatic rings. The maximum absolute atomic E-state index is 12.8. The van der Waals surface area contributed by atoms with E-state index in [-0.39, 0.29) is 31.1 Å². The highest BCUT2D eigenvalue weighted by atomic mass is 35.5. The van der Waals surface area contributed by atoms with Crippen LogP contribution in [0.4, 0.5) is 11.4 Å². The minimum Gasteiger partial charge on any atom is -0.322 e. The molecule has 1 aliphatic heterocycles. The third-order valence-corrected chi connectivity index (χ3v) is 9.36. The first kappa shape index (κ1) is 25.5. The van der Waals surface area contributed by atoms with Gasteiger partial charge in [0.2, 0.25) is 10.0 Å². The second-order valence-corrected chi connectivity index (χ2v) is 12.3. The largest absolute Gasteiger partial charge is 0.322 e. The minimum atomic E-state index is -3.91. The number of nitrogens with zero attached hydrogens (tertiary/aromatic N) is 1. The van der Waals surface area contributed by atoms with Gasteiger partial charge < -0.3 is 5.32 Å². The average molecular weight is 554 g/mol. The van der Waals surface area contributed by atoms with Crippen LogP contribution in [0.3, 0.4) is 0 Å². The van der Waals surface area contributed by atoms with Crippen molar-refractivity contribution in [1.29, 1.82) is 0 Å². The second-order valence-electron chi connectivity index (χ2n) is 7.82. The molecule has 3 aromatic carbocycles. The van der Waals surface area contributed by atoms with E-state index in [1.165, 1.54) is 52.8 Å². The Morgan fingerprint density at radius 1 is 0.800 bits per heavy atom. The summed E-state index contributed by atoms with van der Waals surface area (Å²) in [5.74, 6) is -0.627. The highest BCUT2D eigenvalue weighted by Gasteiger charge is 2.28. The molecular formula is C23H21Cl2N3O5S2. The van der Waals surface area contributed by atoms with E-state index < -0.39 is 26.0 Å². The van der Waals surface area contributed by atoms with E-state index >= 15 is 0 Å². The third kappa shape index (κ3) is 5.62. The molecule has 4 rings (SSSR count). The van der Waals surface area contributed by atoms with Gasteiger partial charge in [-0.1, -0.05) is 35.3 Å². The molecule has 0 saturated carbocycles. The van der Waals surface area contributed by atoms with Crippen LogP contribution in [0, 0.1) is 0 Å². The minimum absolute atomic E-state index is 0.0102. The number of carbonyl (C=O) groups excluding carboxylic acids is 1. The Balaban J connectivity index is 1.51. The van der Waals surface area contributed by atoms with Gasteiger partial charge in [-0.3, -0.25) is 9.52 Å². The summed E-state index contributed by atoms with van der Waals surface area (Å²) in [4.78, 5) is 12.8. The quantitative estimate of drug-likeness (QED) is 0.435. The summed E-state index contributed by atoms with van der Waals surface area (Å²) < 4.78 is 54.8. The molecule has 1 aliphatic rings. The van der Waals surface area contributed by atoms with Gasteiger partial charge in [-0.2, -0.15) is 4.31 Å². The van der Waals surface area contributed by atoms with E-state index in [1.54, 1.807) is 18.2 Å². The van der Waals surface area contributed by atoms with Gasteiger partial charge in [-0.25, -0.2) is 16.8 Å². The molecule has 12 heteroatoms. The molecule has 0 radical (unpaired) electrons. The topological polar surface area (TPSA) is 113 Å². The Bertz CT molecular complexity index is 1470. The summed E-state index contributed by atoms with van der Waals surface area (Å²) in [6.45, 7) is 0.875.